The molecule has 2 aromatic heterocycles. The van der Waals surface area contributed by atoms with Gasteiger partial charge < -0.3 is 10.6 Å². The highest BCUT2D eigenvalue weighted by molar-refractivity contribution is 5.66. The summed E-state index contributed by atoms with van der Waals surface area (Å²) in [6, 6.07) is 4.06. The van der Waals surface area contributed by atoms with E-state index in [9.17, 15) is 0 Å². The lowest BCUT2D eigenvalue weighted by molar-refractivity contribution is 0.696. The van der Waals surface area contributed by atoms with Gasteiger partial charge in [0.05, 0.1) is 11.4 Å². The number of rotatable bonds is 6. The highest BCUT2D eigenvalue weighted by Crippen LogP contribution is 2.28. The molecule has 0 unspecified atom stereocenters. The molecule has 0 spiro atoms. The number of hydrogen-bond acceptors (Lipinski definition) is 4. The third-order valence-electron chi connectivity index (χ3n) is 3.42. The van der Waals surface area contributed by atoms with Gasteiger partial charge >= 0.3 is 0 Å². The maximum Gasteiger partial charge on any atom is 0.150 e. The van der Waals surface area contributed by atoms with Crippen molar-refractivity contribution >= 4 is 11.5 Å². The number of pyridine rings is 1. The molecule has 2 N–H and O–H groups in total. The Hall–Kier alpha value is -2.04. The van der Waals surface area contributed by atoms with Crippen LogP contribution in [0.1, 0.15) is 31.5 Å². The first kappa shape index (κ1) is 14.4. The minimum absolute atomic E-state index is 0.810. The first-order chi connectivity index (χ1) is 9.67. The molecular weight excluding hydrogens is 250 g/mol. The summed E-state index contributed by atoms with van der Waals surface area (Å²) >= 11 is 0. The van der Waals surface area contributed by atoms with Crippen LogP contribution in [0.15, 0.2) is 24.5 Å². The molecule has 0 atom stereocenters. The molecule has 0 fully saturated rings. The molecule has 0 bridgehead atoms. The molecule has 5 nitrogen and oxygen atoms in total. The first-order valence-corrected chi connectivity index (χ1v) is 7.12. The van der Waals surface area contributed by atoms with E-state index in [1.165, 1.54) is 5.56 Å². The van der Waals surface area contributed by atoms with E-state index < -0.39 is 0 Å². The van der Waals surface area contributed by atoms with Crippen molar-refractivity contribution < 1.29 is 0 Å². The molecule has 0 saturated heterocycles. The lowest BCUT2D eigenvalue weighted by Crippen LogP contribution is -2.25. The van der Waals surface area contributed by atoms with Crippen molar-refractivity contribution in [3.05, 3.63) is 35.8 Å². The van der Waals surface area contributed by atoms with E-state index in [4.69, 9.17) is 5.73 Å². The second-order valence-corrected chi connectivity index (χ2v) is 4.93. The molecule has 5 heteroatoms. The van der Waals surface area contributed by atoms with Crippen LogP contribution >= 0.6 is 0 Å². The second-order valence-electron chi connectivity index (χ2n) is 4.93. The maximum atomic E-state index is 6.28. The number of anilines is 2. The fourth-order valence-corrected chi connectivity index (χ4v) is 2.43. The minimum atomic E-state index is 0.810. The van der Waals surface area contributed by atoms with Crippen LogP contribution in [0.5, 0.6) is 0 Å². The van der Waals surface area contributed by atoms with Crippen LogP contribution in [0.3, 0.4) is 0 Å². The minimum Gasteiger partial charge on any atom is -0.394 e. The van der Waals surface area contributed by atoms with Gasteiger partial charge in [0.1, 0.15) is 0 Å². The third-order valence-corrected chi connectivity index (χ3v) is 3.42. The third kappa shape index (κ3) is 2.92. The van der Waals surface area contributed by atoms with Gasteiger partial charge in [-0.2, -0.15) is 5.10 Å². The second kappa shape index (κ2) is 6.41. The van der Waals surface area contributed by atoms with Crippen LogP contribution in [0, 0.1) is 0 Å². The van der Waals surface area contributed by atoms with Gasteiger partial charge in [-0.3, -0.25) is 9.67 Å². The Bertz CT molecular complexity index is 547. The van der Waals surface area contributed by atoms with Gasteiger partial charge in [0, 0.05) is 32.5 Å². The van der Waals surface area contributed by atoms with Crippen molar-refractivity contribution in [2.75, 3.05) is 17.2 Å². The van der Waals surface area contributed by atoms with Gasteiger partial charge in [-0.15, -0.1) is 0 Å². The van der Waals surface area contributed by atoms with Gasteiger partial charge in [-0.05, 0) is 31.0 Å². The van der Waals surface area contributed by atoms with E-state index in [0.29, 0.717) is 0 Å². The van der Waals surface area contributed by atoms with Crippen molar-refractivity contribution in [2.45, 2.75) is 33.2 Å². The zero-order valence-electron chi connectivity index (χ0n) is 12.5. The Kier molecular flexibility index (Phi) is 4.61. The molecule has 0 aliphatic carbocycles. The lowest BCUT2D eigenvalue weighted by Gasteiger charge is -2.23. The number of nitrogens with two attached hydrogens (primary N) is 1. The molecule has 0 radical (unpaired) electrons. The van der Waals surface area contributed by atoms with Crippen LogP contribution in [-0.4, -0.2) is 21.3 Å². The molecule has 2 rings (SSSR count). The van der Waals surface area contributed by atoms with Crippen LogP contribution < -0.4 is 10.6 Å². The van der Waals surface area contributed by atoms with E-state index in [1.54, 1.807) is 0 Å². The fraction of sp³-hybridized carbons (Fsp3) is 0.467. The number of nitrogen functional groups attached to an aromatic ring is 1. The fourth-order valence-electron chi connectivity index (χ4n) is 2.43. The van der Waals surface area contributed by atoms with Crippen LogP contribution in [0.4, 0.5) is 11.5 Å². The van der Waals surface area contributed by atoms with E-state index in [0.717, 1.165) is 43.1 Å². The van der Waals surface area contributed by atoms with E-state index in [2.05, 4.69) is 28.8 Å². The largest absolute Gasteiger partial charge is 0.394 e. The first-order valence-electron chi connectivity index (χ1n) is 7.12. The molecule has 0 amide bonds. The average molecular weight is 273 g/mol. The van der Waals surface area contributed by atoms with E-state index >= 15 is 0 Å². The van der Waals surface area contributed by atoms with Gasteiger partial charge in [-0.25, -0.2) is 0 Å². The highest BCUT2D eigenvalue weighted by Gasteiger charge is 2.18. The summed E-state index contributed by atoms with van der Waals surface area (Å²) in [5.41, 5.74) is 9.31. The molecule has 0 saturated carbocycles. The topological polar surface area (TPSA) is 60.0 Å². The molecular formula is C15H23N5. The number of nitrogens with zero attached hydrogens (tertiary/aromatic N) is 4. The molecule has 0 aliphatic rings. The van der Waals surface area contributed by atoms with Gasteiger partial charge in [0.2, 0.25) is 0 Å². The quantitative estimate of drug-likeness (QED) is 0.878. The Balaban J connectivity index is 2.27. The predicted molar refractivity (Wildman–Crippen MR) is 82.6 cm³/mol. The summed E-state index contributed by atoms with van der Waals surface area (Å²) in [4.78, 5) is 6.30. The highest BCUT2D eigenvalue weighted by atomic mass is 15.4. The molecule has 20 heavy (non-hydrogen) atoms. The summed E-state index contributed by atoms with van der Waals surface area (Å²) in [5.74, 6) is 1.01. The smallest absolute Gasteiger partial charge is 0.150 e. The summed E-state index contributed by atoms with van der Waals surface area (Å²) in [6.07, 6.45) is 5.61. The number of aromatic nitrogens is 3. The van der Waals surface area contributed by atoms with Crippen LogP contribution in [0.25, 0.3) is 0 Å². The van der Waals surface area contributed by atoms with Crippen molar-refractivity contribution in [3.63, 3.8) is 0 Å². The molecule has 0 aliphatic heterocycles. The van der Waals surface area contributed by atoms with Gasteiger partial charge in [0.25, 0.3) is 0 Å². The van der Waals surface area contributed by atoms with E-state index in [1.807, 2.05) is 36.3 Å². The Morgan fingerprint density at radius 1 is 1.25 bits per heavy atom. The maximum absolute atomic E-state index is 6.28. The van der Waals surface area contributed by atoms with Crippen molar-refractivity contribution in [1.82, 2.24) is 14.8 Å². The number of hydrogen-bond donors (Lipinski definition) is 1. The number of aryl methyl sites for hydroxylation is 2. The Morgan fingerprint density at radius 2 is 1.95 bits per heavy atom. The van der Waals surface area contributed by atoms with Gasteiger partial charge in [0.15, 0.2) is 5.82 Å². The Morgan fingerprint density at radius 3 is 2.55 bits per heavy atom. The zero-order chi connectivity index (χ0) is 14.5. The molecule has 108 valence electrons. The lowest BCUT2D eigenvalue weighted by atomic mass is 10.2. The van der Waals surface area contributed by atoms with Crippen molar-refractivity contribution in [2.24, 2.45) is 7.05 Å². The monoisotopic (exact) mass is 273 g/mol. The predicted octanol–water partition coefficient (Wildman–Crippen LogP) is 2.38. The molecule has 0 aromatic carbocycles. The summed E-state index contributed by atoms with van der Waals surface area (Å²) in [5, 5.41) is 4.55. The molecule has 2 aromatic rings. The summed E-state index contributed by atoms with van der Waals surface area (Å²) in [7, 11) is 1.96. The summed E-state index contributed by atoms with van der Waals surface area (Å²) < 4.78 is 1.89. The SMILES string of the molecule is CCCc1nn(C)c(N(CC)Cc2ccncc2)c1N. The van der Waals surface area contributed by atoms with Crippen LogP contribution in [0.2, 0.25) is 0 Å². The molecule has 2 heterocycles. The normalized spacial score (nSPS) is 10.8. The van der Waals surface area contributed by atoms with Crippen LogP contribution in [-0.2, 0) is 20.0 Å². The zero-order valence-corrected chi connectivity index (χ0v) is 12.5. The standard InChI is InChI=1S/C15H23N5/c1-4-6-13-14(16)15(19(3)18-13)20(5-2)11-12-7-9-17-10-8-12/h7-10H,4-6,11,16H2,1-3H3. The van der Waals surface area contributed by atoms with E-state index in [-0.39, 0.29) is 0 Å². The van der Waals surface area contributed by atoms with Gasteiger partial charge in [-0.1, -0.05) is 13.3 Å². The Labute approximate surface area is 120 Å². The summed E-state index contributed by atoms with van der Waals surface area (Å²) in [6.45, 7) is 5.97. The van der Waals surface area contributed by atoms with Crippen molar-refractivity contribution in [1.29, 1.82) is 0 Å². The van der Waals surface area contributed by atoms with Crippen molar-refractivity contribution in [3.8, 4) is 0 Å². The average Bonchev–Trinajstić information content (AvgIpc) is 2.73.